The first-order chi connectivity index (χ1) is 7.92. The number of hydrogen-bond donors (Lipinski definition) is 1. The standard InChI is InChI=1S/C12H17N3O2/c1-5-7-13-9-6-8-14-10(15-9)11(16)17-12(2,3)4/h5-6,8H,1,7H2,2-4H3,(H,13,14,15). The number of anilines is 1. The van der Waals surface area contributed by atoms with Crippen molar-refractivity contribution >= 4 is 11.8 Å². The van der Waals surface area contributed by atoms with E-state index in [1.165, 1.54) is 6.20 Å². The lowest BCUT2D eigenvalue weighted by molar-refractivity contribution is 0.00557. The molecule has 5 heteroatoms. The minimum atomic E-state index is -0.551. The maximum absolute atomic E-state index is 11.7. The average molecular weight is 235 g/mol. The van der Waals surface area contributed by atoms with Crippen LogP contribution in [0.15, 0.2) is 24.9 Å². The monoisotopic (exact) mass is 235 g/mol. The molecule has 0 unspecified atom stereocenters. The van der Waals surface area contributed by atoms with Gasteiger partial charge >= 0.3 is 5.97 Å². The molecule has 92 valence electrons. The number of nitrogens with one attached hydrogen (secondary N) is 1. The van der Waals surface area contributed by atoms with E-state index in [1.54, 1.807) is 32.9 Å². The quantitative estimate of drug-likeness (QED) is 0.639. The number of carbonyl (C=O) groups is 1. The van der Waals surface area contributed by atoms with Crippen LogP contribution in [0.4, 0.5) is 5.82 Å². The number of ether oxygens (including phenoxy) is 1. The van der Waals surface area contributed by atoms with Crippen molar-refractivity contribution in [2.45, 2.75) is 26.4 Å². The predicted octanol–water partition coefficient (Wildman–Crippen LogP) is 2.03. The van der Waals surface area contributed by atoms with Gasteiger partial charge in [0.2, 0.25) is 5.82 Å². The summed E-state index contributed by atoms with van der Waals surface area (Å²) in [6.45, 7) is 9.55. The summed E-state index contributed by atoms with van der Waals surface area (Å²) in [6, 6.07) is 1.68. The molecule has 0 atom stereocenters. The fraction of sp³-hybridized carbons (Fsp3) is 0.417. The van der Waals surface area contributed by atoms with Gasteiger partial charge in [-0.15, -0.1) is 6.58 Å². The zero-order chi connectivity index (χ0) is 12.9. The van der Waals surface area contributed by atoms with E-state index in [0.29, 0.717) is 12.4 Å². The van der Waals surface area contributed by atoms with Crippen LogP contribution in [0, 0.1) is 0 Å². The summed E-state index contributed by atoms with van der Waals surface area (Å²) in [5, 5.41) is 2.98. The molecule has 0 saturated carbocycles. The van der Waals surface area contributed by atoms with Gasteiger partial charge in [0.05, 0.1) is 0 Å². The molecule has 1 N–H and O–H groups in total. The van der Waals surface area contributed by atoms with Gasteiger partial charge in [0, 0.05) is 12.7 Å². The van der Waals surface area contributed by atoms with Crippen molar-refractivity contribution in [2.75, 3.05) is 11.9 Å². The fourth-order valence-electron chi connectivity index (χ4n) is 1.06. The molecular weight excluding hydrogens is 218 g/mol. The molecule has 5 nitrogen and oxygen atoms in total. The molecule has 0 aliphatic rings. The van der Waals surface area contributed by atoms with Crippen LogP contribution in [0.3, 0.4) is 0 Å². The van der Waals surface area contributed by atoms with Crippen LogP contribution in [0.2, 0.25) is 0 Å². The third-order valence-corrected chi connectivity index (χ3v) is 1.66. The first kappa shape index (κ1) is 13.2. The average Bonchev–Trinajstić information content (AvgIpc) is 2.24. The Hall–Kier alpha value is -1.91. The van der Waals surface area contributed by atoms with E-state index in [0.717, 1.165) is 0 Å². The number of aromatic nitrogens is 2. The smallest absolute Gasteiger partial charge is 0.376 e. The van der Waals surface area contributed by atoms with Crippen molar-refractivity contribution in [2.24, 2.45) is 0 Å². The summed E-state index contributed by atoms with van der Waals surface area (Å²) < 4.78 is 5.17. The number of hydrogen-bond acceptors (Lipinski definition) is 5. The van der Waals surface area contributed by atoms with Crippen LogP contribution >= 0.6 is 0 Å². The third kappa shape index (κ3) is 4.63. The van der Waals surface area contributed by atoms with E-state index in [4.69, 9.17) is 4.74 Å². The molecule has 0 saturated heterocycles. The van der Waals surface area contributed by atoms with Gasteiger partial charge in [0.25, 0.3) is 0 Å². The van der Waals surface area contributed by atoms with Crippen molar-refractivity contribution in [1.82, 2.24) is 9.97 Å². The van der Waals surface area contributed by atoms with Gasteiger partial charge in [-0.3, -0.25) is 0 Å². The second-order valence-electron chi connectivity index (χ2n) is 4.44. The van der Waals surface area contributed by atoms with Gasteiger partial charge in [-0.2, -0.15) is 0 Å². The number of nitrogens with zero attached hydrogens (tertiary/aromatic N) is 2. The lowest BCUT2D eigenvalue weighted by Gasteiger charge is -2.18. The van der Waals surface area contributed by atoms with Gasteiger partial charge < -0.3 is 10.1 Å². The zero-order valence-corrected chi connectivity index (χ0v) is 10.4. The Morgan fingerprint density at radius 1 is 1.59 bits per heavy atom. The second-order valence-corrected chi connectivity index (χ2v) is 4.44. The zero-order valence-electron chi connectivity index (χ0n) is 10.4. The molecule has 1 aromatic heterocycles. The first-order valence-corrected chi connectivity index (χ1v) is 5.33. The third-order valence-electron chi connectivity index (χ3n) is 1.66. The Kier molecular flexibility index (Phi) is 4.20. The first-order valence-electron chi connectivity index (χ1n) is 5.33. The van der Waals surface area contributed by atoms with Crippen molar-refractivity contribution in [3.8, 4) is 0 Å². The fourth-order valence-corrected chi connectivity index (χ4v) is 1.06. The predicted molar refractivity (Wildman–Crippen MR) is 65.9 cm³/mol. The molecule has 17 heavy (non-hydrogen) atoms. The normalized spacial score (nSPS) is 10.8. The van der Waals surface area contributed by atoms with E-state index < -0.39 is 11.6 Å². The number of rotatable bonds is 4. The van der Waals surface area contributed by atoms with Crippen molar-refractivity contribution in [3.63, 3.8) is 0 Å². The van der Waals surface area contributed by atoms with Gasteiger partial charge in [-0.1, -0.05) is 6.08 Å². The maximum Gasteiger partial charge on any atom is 0.376 e. The van der Waals surface area contributed by atoms with E-state index in [-0.39, 0.29) is 5.82 Å². The molecule has 1 rings (SSSR count). The molecule has 0 aliphatic heterocycles. The molecule has 0 bridgehead atoms. The van der Waals surface area contributed by atoms with Crippen LogP contribution in [-0.4, -0.2) is 28.1 Å². The summed E-state index contributed by atoms with van der Waals surface area (Å²) >= 11 is 0. The summed E-state index contributed by atoms with van der Waals surface area (Å²) in [4.78, 5) is 19.6. The largest absolute Gasteiger partial charge is 0.454 e. The highest BCUT2D eigenvalue weighted by molar-refractivity contribution is 5.85. The highest BCUT2D eigenvalue weighted by Gasteiger charge is 2.20. The lowest BCUT2D eigenvalue weighted by Crippen LogP contribution is -2.25. The van der Waals surface area contributed by atoms with E-state index in [2.05, 4.69) is 21.9 Å². The van der Waals surface area contributed by atoms with Gasteiger partial charge in [0.15, 0.2) is 0 Å². The van der Waals surface area contributed by atoms with E-state index in [9.17, 15) is 4.79 Å². The van der Waals surface area contributed by atoms with Crippen molar-refractivity contribution in [1.29, 1.82) is 0 Å². The highest BCUT2D eigenvalue weighted by atomic mass is 16.6. The summed E-state index contributed by atoms with van der Waals surface area (Å²) in [5.41, 5.74) is -0.551. The Balaban J connectivity index is 2.77. The summed E-state index contributed by atoms with van der Waals surface area (Å²) in [6.07, 6.45) is 3.22. The Morgan fingerprint density at radius 3 is 2.88 bits per heavy atom. The molecule has 0 radical (unpaired) electrons. The second kappa shape index (κ2) is 5.43. The van der Waals surface area contributed by atoms with Crippen LogP contribution < -0.4 is 5.32 Å². The molecule has 1 heterocycles. The highest BCUT2D eigenvalue weighted by Crippen LogP contribution is 2.10. The van der Waals surface area contributed by atoms with Gasteiger partial charge in [-0.25, -0.2) is 14.8 Å². The molecule has 1 aromatic rings. The van der Waals surface area contributed by atoms with Crippen LogP contribution in [0.1, 0.15) is 31.4 Å². The van der Waals surface area contributed by atoms with Crippen molar-refractivity contribution < 1.29 is 9.53 Å². The van der Waals surface area contributed by atoms with Crippen LogP contribution in [0.5, 0.6) is 0 Å². The molecular formula is C12H17N3O2. The number of esters is 1. The molecule has 0 amide bonds. The van der Waals surface area contributed by atoms with Crippen LogP contribution in [0.25, 0.3) is 0 Å². The molecule has 0 fully saturated rings. The number of carbonyl (C=O) groups excluding carboxylic acids is 1. The van der Waals surface area contributed by atoms with E-state index >= 15 is 0 Å². The topological polar surface area (TPSA) is 64.1 Å². The minimum Gasteiger partial charge on any atom is -0.454 e. The minimum absolute atomic E-state index is 0.0500. The maximum atomic E-state index is 11.7. The molecule has 0 aliphatic carbocycles. The molecule has 0 spiro atoms. The Bertz CT molecular complexity index is 410. The lowest BCUT2D eigenvalue weighted by atomic mass is 10.2. The van der Waals surface area contributed by atoms with Crippen LogP contribution in [-0.2, 0) is 4.74 Å². The Labute approximate surface area is 101 Å². The summed E-state index contributed by atoms with van der Waals surface area (Å²) in [5.74, 6) is 0.0921. The Morgan fingerprint density at radius 2 is 2.29 bits per heavy atom. The van der Waals surface area contributed by atoms with Crippen molar-refractivity contribution in [3.05, 3.63) is 30.7 Å². The molecule has 0 aromatic carbocycles. The van der Waals surface area contributed by atoms with Gasteiger partial charge in [-0.05, 0) is 26.8 Å². The summed E-state index contributed by atoms with van der Waals surface area (Å²) in [7, 11) is 0. The SMILES string of the molecule is C=CCNc1ccnc(C(=O)OC(C)(C)C)n1. The van der Waals surface area contributed by atoms with Gasteiger partial charge in [0.1, 0.15) is 11.4 Å². The van der Waals surface area contributed by atoms with E-state index in [1.807, 2.05) is 0 Å².